The quantitative estimate of drug-likeness (QED) is 0.825. The fraction of sp³-hybridized carbons (Fsp3) is 0.188. The van der Waals surface area contributed by atoms with Crippen LogP contribution in [-0.2, 0) is 14.3 Å². The van der Waals surface area contributed by atoms with Gasteiger partial charge in [-0.25, -0.2) is 14.6 Å². The number of rotatable bonds is 5. The second kappa shape index (κ2) is 7.82. The van der Waals surface area contributed by atoms with Crippen LogP contribution in [0.1, 0.15) is 26.5 Å². The molecule has 8 heteroatoms. The zero-order chi connectivity index (χ0) is 17.5. The van der Waals surface area contributed by atoms with Crippen molar-refractivity contribution in [1.29, 1.82) is 0 Å². The van der Waals surface area contributed by atoms with Crippen molar-refractivity contribution in [3.8, 4) is 0 Å². The van der Waals surface area contributed by atoms with Crippen LogP contribution < -0.4 is 5.32 Å². The molecule has 1 aromatic heterocycles. The van der Waals surface area contributed by atoms with E-state index in [9.17, 15) is 14.4 Å². The highest BCUT2D eigenvalue weighted by atomic mass is 16.5. The lowest BCUT2D eigenvalue weighted by atomic mass is 10.2. The largest absolute Gasteiger partial charge is 0.465 e. The van der Waals surface area contributed by atoms with E-state index in [2.05, 4.69) is 20.0 Å². The van der Waals surface area contributed by atoms with Gasteiger partial charge in [-0.2, -0.15) is 0 Å². The Bertz CT molecular complexity index is 759. The van der Waals surface area contributed by atoms with Crippen LogP contribution in [0.15, 0.2) is 36.7 Å². The van der Waals surface area contributed by atoms with E-state index in [0.717, 1.165) is 0 Å². The molecule has 2 aromatic rings. The summed E-state index contributed by atoms with van der Waals surface area (Å²) in [5.74, 6) is -1.95. The number of para-hydroxylation sites is 1. The van der Waals surface area contributed by atoms with Crippen LogP contribution in [0.25, 0.3) is 0 Å². The predicted octanol–water partition coefficient (Wildman–Crippen LogP) is 1.37. The van der Waals surface area contributed by atoms with Crippen molar-refractivity contribution in [3.63, 3.8) is 0 Å². The fourth-order valence-electron chi connectivity index (χ4n) is 1.77. The third kappa shape index (κ3) is 4.35. The van der Waals surface area contributed by atoms with Gasteiger partial charge in [0.2, 0.25) is 0 Å². The molecule has 1 aromatic carbocycles. The van der Waals surface area contributed by atoms with Crippen LogP contribution in [0.3, 0.4) is 0 Å². The number of benzene rings is 1. The molecular weight excluding hydrogens is 314 g/mol. The summed E-state index contributed by atoms with van der Waals surface area (Å²) in [5, 5.41) is 2.49. The number of amides is 1. The number of nitrogens with one attached hydrogen (secondary N) is 1. The maximum absolute atomic E-state index is 11.9. The van der Waals surface area contributed by atoms with Crippen molar-refractivity contribution < 1.29 is 23.9 Å². The van der Waals surface area contributed by atoms with Crippen LogP contribution in [-0.4, -0.2) is 41.5 Å². The van der Waals surface area contributed by atoms with Gasteiger partial charge >= 0.3 is 11.9 Å². The highest BCUT2D eigenvalue weighted by Crippen LogP contribution is 2.15. The second-order valence-corrected chi connectivity index (χ2v) is 4.70. The Kier molecular flexibility index (Phi) is 5.56. The zero-order valence-electron chi connectivity index (χ0n) is 13.1. The maximum Gasteiger partial charge on any atom is 0.359 e. The summed E-state index contributed by atoms with van der Waals surface area (Å²) in [5.41, 5.74) is 1.12. The molecule has 1 N–H and O–H groups in total. The molecule has 0 aliphatic carbocycles. The minimum absolute atomic E-state index is 0.00311. The van der Waals surface area contributed by atoms with E-state index in [1.807, 2.05) is 0 Å². The van der Waals surface area contributed by atoms with E-state index in [1.54, 1.807) is 19.1 Å². The Morgan fingerprint density at radius 2 is 1.83 bits per heavy atom. The number of carbonyl (C=O) groups excluding carboxylic acids is 3. The molecule has 0 saturated heterocycles. The van der Waals surface area contributed by atoms with E-state index < -0.39 is 24.5 Å². The summed E-state index contributed by atoms with van der Waals surface area (Å²) in [7, 11) is 1.24. The Morgan fingerprint density at radius 3 is 2.50 bits per heavy atom. The van der Waals surface area contributed by atoms with Crippen LogP contribution in [0.2, 0.25) is 0 Å². The first-order chi connectivity index (χ1) is 11.5. The fourth-order valence-corrected chi connectivity index (χ4v) is 1.77. The first kappa shape index (κ1) is 17.1. The molecule has 24 heavy (non-hydrogen) atoms. The van der Waals surface area contributed by atoms with Crippen molar-refractivity contribution >= 4 is 23.5 Å². The average molecular weight is 329 g/mol. The van der Waals surface area contributed by atoms with E-state index in [1.165, 1.54) is 31.6 Å². The van der Waals surface area contributed by atoms with Crippen LogP contribution in [0, 0.1) is 6.92 Å². The third-order valence-electron chi connectivity index (χ3n) is 2.93. The van der Waals surface area contributed by atoms with Crippen molar-refractivity contribution in [2.75, 3.05) is 19.0 Å². The summed E-state index contributed by atoms with van der Waals surface area (Å²) in [6.07, 6.45) is 2.69. The second-order valence-electron chi connectivity index (χ2n) is 4.70. The molecular formula is C16H15N3O5. The van der Waals surface area contributed by atoms with Crippen LogP contribution in [0.5, 0.6) is 0 Å². The molecule has 0 radical (unpaired) electrons. The first-order valence-corrected chi connectivity index (χ1v) is 6.94. The van der Waals surface area contributed by atoms with Crippen LogP contribution in [0.4, 0.5) is 5.69 Å². The van der Waals surface area contributed by atoms with E-state index >= 15 is 0 Å². The predicted molar refractivity (Wildman–Crippen MR) is 83.5 cm³/mol. The van der Waals surface area contributed by atoms with Gasteiger partial charge in [0.25, 0.3) is 5.91 Å². The lowest BCUT2D eigenvalue weighted by Crippen LogP contribution is -2.22. The normalized spacial score (nSPS) is 9.92. The molecule has 0 atom stereocenters. The summed E-state index contributed by atoms with van der Waals surface area (Å²) in [4.78, 5) is 43.0. The highest BCUT2D eigenvalue weighted by Gasteiger charge is 2.15. The Hall–Kier alpha value is -3.29. The van der Waals surface area contributed by atoms with Crippen molar-refractivity contribution in [3.05, 3.63) is 53.6 Å². The summed E-state index contributed by atoms with van der Waals surface area (Å²) in [6.45, 7) is 1.21. The number of aromatic nitrogens is 2. The molecule has 124 valence electrons. The lowest BCUT2D eigenvalue weighted by molar-refractivity contribution is -0.119. The molecule has 0 aliphatic rings. The van der Waals surface area contributed by atoms with Gasteiger partial charge in [-0.3, -0.25) is 9.78 Å². The molecule has 0 bridgehead atoms. The van der Waals surface area contributed by atoms with Gasteiger partial charge in [0.05, 0.1) is 30.3 Å². The third-order valence-corrected chi connectivity index (χ3v) is 2.93. The highest BCUT2D eigenvalue weighted by molar-refractivity contribution is 6.02. The minimum Gasteiger partial charge on any atom is -0.465 e. The summed E-state index contributed by atoms with van der Waals surface area (Å²) < 4.78 is 9.49. The molecule has 1 heterocycles. The van der Waals surface area contributed by atoms with Gasteiger partial charge in [-0.1, -0.05) is 12.1 Å². The maximum atomic E-state index is 11.9. The smallest absolute Gasteiger partial charge is 0.359 e. The standard InChI is InChI=1S/C16H15N3O5/c1-10-7-18-13(8-17-10)16(22)24-9-14(20)19-12-6-4-3-5-11(12)15(21)23-2/h3-8H,9H2,1-2H3,(H,19,20). The van der Waals surface area contributed by atoms with E-state index in [4.69, 9.17) is 4.74 Å². The number of methoxy groups -OCH3 is 1. The number of esters is 2. The first-order valence-electron chi connectivity index (χ1n) is 6.94. The average Bonchev–Trinajstić information content (AvgIpc) is 2.60. The number of hydrogen-bond acceptors (Lipinski definition) is 7. The van der Waals surface area contributed by atoms with Gasteiger partial charge < -0.3 is 14.8 Å². The van der Waals surface area contributed by atoms with Gasteiger partial charge in [0.15, 0.2) is 12.3 Å². The summed E-state index contributed by atoms with van der Waals surface area (Å²) in [6, 6.07) is 6.33. The molecule has 8 nitrogen and oxygen atoms in total. The Morgan fingerprint density at radius 1 is 1.08 bits per heavy atom. The molecule has 0 unspecified atom stereocenters. The molecule has 0 aliphatic heterocycles. The summed E-state index contributed by atoms with van der Waals surface area (Å²) >= 11 is 0. The van der Waals surface area contributed by atoms with Crippen molar-refractivity contribution in [2.24, 2.45) is 0 Å². The van der Waals surface area contributed by atoms with Gasteiger partial charge in [-0.15, -0.1) is 0 Å². The molecule has 0 fully saturated rings. The van der Waals surface area contributed by atoms with Crippen LogP contribution >= 0.6 is 0 Å². The SMILES string of the molecule is COC(=O)c1ccccc1NC(=O)COC(=O)c1cnc(C)cn1. The number of anilines is 1. The number of ether oxygens (including phenoxy) is 2. The van der Waals surface area contributed by atoms with Crippen molar-refractivity contribution in [1.82, 2.24) is 9.97 Å². The van der Waals surface area contributed by atoms with Gasteiger partial charge in [0.1, 0.15) is 0 Å². The topological polar surface area (TPSA) is 107 Å². The Balaban J connectivity index is 1.95. The molecule has 0 saturated carbocycles. The van der Waals surface area contributed by atoms with Crippen molar-refractivity contribution in [2.45, 2.75) is 6.92 Å². The van der Waals surface area contributed by atoms with Gasteiger partial charge in [-0.05, 0) is 19.1 Å². The number of nitrogens with zero attached hydrogens (tertiary/aromatic N) is 2. The van der Waals surface area contributed by atoms with E-state index in [0.29, 0.717) is 5.69 Å². The molecule has 0 spiro atoms. The molecule has 1 amide bonds. The number of hydrogen-bond donors (Lipinski definition) is 1. The zero-order valence-corrected chi connectivity index (χ0v) is 13.1. The molecule has 2 rings (SSSR count). The van der Waals surface area contributed by atoms with Gasteiger partial charge in [0, 0.05) is 6.20 Å². The number of carbonyl (C=O) groups is 3. The minimum atomic E-state index is -0.765. The van der Waals surface area contributed by atoms with E-state index in [-0.39, 0.29) is 16.9 Å². The monoisotopic (exact) mass is 329 g/mol. The lowest BCUT2D eigenvalue weighted by Gasteiger charge is -2.09. The number of aryl methyl sites for hydroxylation is 1. The Labute approximate surface area is 137 Å².